The van der Waals surface area contributed by atoms with Gasteiger partial charge in [-0.15, -0.1) is 0 Å². The molecule has 2 N–H and O–H groups in total. The summed E-state index contributed by atoms with van der Waals surface area (Å²) < 4.78 is 25.3. The maximum absolute atomic E-state index is 12.5. The van der Waals surface area contributed by atoms with Crippen molar-refractivity contribution in [2.24, 2.45) is 0 Å². The smallest absolute Gasteiger partial charge is 0.241 e. The van der Waals surface area contributed by atoms with Gasteiger partial charge in [-0.25, -0.2) is 13.1 Å². The van der Waals surface area contributed by atoms with Crippen LogP contribution in [-0.2, 0) is 21.2 Å². The standard InChI is InChI=1S/C15H21N3O3S/c1-22(20,21)17-12-8-9-18(10-12)14-7-6-11-4-2-3-5-13(11)16-15(14)19/h2-5,12,14,17H,6-10H2,1H3,(H,16,19)/t12-,14-/m1/s1. The Hall–Kier alpha value is -1.44. The van der Waals surface area contributed by atoms with Crippen molar-refractivity contribution in [1.29, 1.82) is 0 Å². The highest BCUT2D eigenvalue weighted by Crippen LogP contribution is 2.25. The van der Waals surface area contributed by atoms with Crippen molar-refractivity contribution in [2.45, 2.75) is 31.3 Å². The fourth-order valence-corrected chi connectivity index (χ4v) is 4.12. The predicted molar refractivity (Wildman–Crippen MR) is 85.1 cm³/mol. The van der Waals surface area contributed by atoms with E-state index < -0.39 is 10.0 Å². The number of carbonyl (C=O) groups excluding carboxylic acids is 1. The van der Waals surface area contributed by atoms with Crippen molar-refractivity contribution in [3.05, 3.63) is 29.8 Å². The molecule has 2 atom stereocenters. The van der Waals surface area contributed by atoms with E-state index in [1.165, 1.54) is 6.26 Å². The van der Waals surface area contributed by atoms with E-state index in [4.69, 9.17) is 0 Å². The summed E-state index contributed by atoms with van der Waals surface area (Å²) in [6.45, 7) is 1.32. The number of para-hydroxylation sites is 1. The fraction of sp³-hybridized carbons (Fsp3) is 0.533. The number of nitrogens with zero attached hydrogens (tertiary/aromatic N) is 1. The molecule has 0 unspecified atom stereocenters. The maximum atomic E-state index is 12.5. The Labute approximate surface area is 130 Å². The van der Waals surface area contributed by atoms with Gasteiger partial charge in [0.25, 0.3) is 0 Å². The summed E-state index contributed by atoms with van der Waals surface area (Å²) in [6, 6.07) is 7.56. The van der Waals surface area contributed by atoms with Gasteiger partial charge in [0, 0.05) is 24.8 Å². The van der Waals surface area contributed by atoms with Gasteiger partial charge >= 0.3 is 0 Å². The largest absolute Gasteiger partial charge is 0.324 e. The lowest BCUT2D eigenvalue weighted by molar-refractivity contribution is -0.121. The topological polar surface area (TPSA) is 78.5 Å². The van der Waals surface area contributed by atoms with Crippen LogP contribution >= 0.6 is 0 Å². The van der Waals surface area contributed by atoms with Crippen LogP contribution in [-0.4, -0.2) is 50.7 Å². The maximum Gasteiger partial charge on any atom is 0.241 e. The lowest BCUT2D eigenvalue weighted by Crippen LogP contribution is -2.44. The molecule has 0 bridgehead atoms. The van der Waals surface area contributed by atoms with Crippen molar-refractivity contribution in [3.8, 4) is 0 Å². The molecule has 0 aliphatic carbocycles. The van der Waals surface area contributed by atoms with E-state index in [2.05, 4.69) is 14.9 Å². The zero-order valence-corrected chi connectivity index (χ0v) is 13.4. The van der Waals surface area contributed by atoms with E-state index in [-0.39, 0.29) is 18.0 Å². The minimum atomic E-state index is -3.20. The Morgan fingerprint density at radius 1 is 1.27 bits per heavy atom. The van der Waals surface area contributed by atoms with Crippen molar-refractivity contribution >= 4 is 21.6 Å². The second kappa shape index (κ2) is 5.98. The van der Waals surface area contributed by atoms with Crippen molar-refractivity contribution in [2.75, 3.05) is 24.7 Å². The molecule has 1 amide bonds. The zero-order valence-electron chi connectivity index (χ0n) is 12.6. The Bertz CT molecular complexity index is 674. The third kappa shape index (κ3) is 3.48. The van der Waals surface area contributed by atoms with Crippen molar-refractivity contribution in [3.63, 3.8) is 0 Å². The molecule has 1 fully saturated rings. The highest BCUT2D eigenvalue weighted by Gasteiger charge is 2.34. The predicted octanol–water partition coefficient (Wildman–Crippen LogP) is 0.563. The number of nitrogens with one attached hydrogen (secondary N) is 2. The Balaban J connectivity index is 1.68. The quantitative estimate of drug-likeness (QED) is 0.852. The summed E-state index contributed by atoms with van der Waals surface area (Å²) in [5.41, 5.74) is 2.04. The molecule has 1 saturated heterocycles. The molecule has 6 nitrogen and oxygen atoms in total. The van der Waals surface area contributed by atoms with Crippen LogP contribution in [0.5, 0.6) is 0 Å². The van der Waals surface area contributed by atoms with Crippen LogP contribution in [0.2, 0.25) is 0 Å². The molecule has 1 aromatic rings. The molecule has 0 radical (unpaired) electrons. The molecule has 2 aliphatic heterocycles. The molecule has 2 aliphatic rings. The Morgan fingerprint density at radius 3 is 2.82 bits per heavy atom. The van der Waals surface area contributed by atoms with Crippen LogP contribution in [0.1, 0.15) is 18.4 Å². The lowest BCUT2D eigenvalue weighted by atomic mass is 10.1. The summed E-state index contributed by atoms with van der Waals surface area (Å²) in [5.74, 6) is 0.00459. The van der Waals surface area contributed by atoms with Gasteiger partial charge in [-0.05, 0) is 30.9 Å². The molecule has 0 spiro atoms. The number of hydrogen-bond donors (Lipinski definition) is 2. The van der Waals surface area contributed by atoms with E-state index in [0.717, 1.165) is 37.1 Å². The van der Waals surface area contributed by atoms with Crippen molar-refractivity contribution in [1.82, 2.24) is 9.62 Å². The molecular formula is C15H21N3O3S. The number of benzene rings is 1. The van der Waals surface area contributed by atoms with E-state index in [9.17, 15) is 13.2 Å². The number of aryl methyl sites for hydroxylation is 1. The van der Waals surface area contributed by atoms with Crippen molar-refractivity contribution < 1.29 is 13.2 Å². The van der Waals surface area contributed by atoms with Crippen LogP contribution in [0.25, 0.3) is 0 Å². The molecule has 3 rings (SSSR count). The second-order valence-corrected chi connectivity index (χ2v) is 7.85. The van der Waals surface area contributed by atoms with Crippen LogP contribution in [0.15, 0.2) is 24.3 Å². The lowest BCUT2D eigenvalue weighted by Gasteiger charge is -2.25. The number of anilines is 1. The normalized spacial score (nSPS) is 26.3. The third-order valence-electron chi connectivity index (χ3n) is 4.31. The summed E-state index contributed by atoms with van der Waals surface area (Å²) in [6.07, 6.45) is 3.52. The fourth-order valence-electron chi connectivity index (χ4n) is 3.32. The number of rotatable bonds is 3. The first-order chi connectivity index (χ1) is 10.4. The summed E-state index contributed by atoms with van der Waals surface area (Å²) >= 11 is 0. The number of likely N-dealkylation sites (tertiary alicyclic amines) is 1. The zero-order chi connectivity index (χ0) is 15.7. The van der Waals surface area contributed by atoms with Gasteiger partial charge in [-0.3, -0.25) is 9.69 Å². The monoisotopic (exact) mass is 323 g/mol. The number of hydrogen-bond acceptors (Lipinski definition) is 4. The van der Waals surface area contributed by atoms with Gasteiger partial charge in [-0.2, -0.15) is 0 Å². The molecule has 7 heteroatoms. The van der Waals surface area contributed by atoms with E-state index in [1.54, 1.807) is 0 Å². The number of fused-ring (bicyclic) bond motifs is 1. The first-order valence-corrected chi connectivity index (χ1v) is 9.41. The summed E-state index contributed by atoms with van der Waals surface area (Å²) in [7, 11) is -3.20. The van der Waals surface area contributed by atoms with Gasteiger partial charge in [0.05, 0.1) is 12.3 Å². The second-order valence-electron chi connectivity index (χ2n) is 6.07. The molecule has 22 heavy (non-hydrogen) atoms. The van der Waals surface area contributed by atoms with Crippen LogP contribution < -0.4 is 10.0 Å². The van der Waals surface area contributed by atoms with Crippen LogP contribution in [0.3, 0.4) is 0 Å². The Kier molecular flexibility index (Phi) is 4.20. The highest BCUT2D eigenvalue weighted by atomic mass is 32.2. The minimum absolute atomic E-state index is 0.00459. The third-order valence-corrected chi connectivity index (χ3v) is 5.07. The first kappa shape index (κ1) is 15.5. The highest BCUT2D eigenvalue weighted by molar-refractivity contribution is 7.88. The van der Waals surface area contributed by atoms with E-state index in [1.807, 2.05) is 24.3 Å². The number of carbonyl (C=O) groups is 1. The first-order valence-electron chi connectivity index (χ1n) is 7.52. The minimum Gasteiger partial charge on any atom is -0.324 e. The molecular weight excluding hydrogens is 302 g/mol. The average Bonchev–Trinajstić information content (AvgIpc) is 2.79. The van der Waals surface area contributed by atoms with Gasteiger partial charge in [0.2, 0.25) is 15.9 Å². The molecule has 0 saturated carbocycles. The van der Waals surface area contributed by atoms with E-state index >= 15 is 0 Å². The van der Waals surface area contributed by atoms with Gasteiger partial charge in [0.1, 0.15) is 0 Å². The molecule has 1 aromatic carbocycles. The van der Waals surface area contributed by atoms with Gasteiger partial charge in [-0.1, -0.05) is 18.2 Å². The number of amides is 1. The van der Waals surface area contributed by atoms with Gasteiger partial charge in [0.15, 0.2) is 0 Å². The molecule has 0 aromatic heterocycles. The van der Waals surface area contributed by atoms with Crippen LogP contribution in [0.4, 0.5) is 5.69 Å². The van der Waals surface area contributed by atoms with Crippen LogP contribution in [0, 0.1) is 0 Å². The molecule has 2 heterocycles. The number of sulfonamides is 1. The van der Waals surface area contributed by atoms with Gasteiger partial charge < -0.3 is 5.32 Å². The average molecular weight is 323 g/mol. The van der Waals surface area contributed by atoms with E-state index in [0.29, 0.717) is 6.54 Å². The summed E-state index contributed by atoms with van der Waals surface area (Å²) in [5, 5.41) is 2.99. The Morgan fingerprint density at radius 2 is 2.05 bits per heavy atom. The molecule has 120 valence electrons. The summed E-state index contributed by atoms with van der Waals surface area (Å²) in [4.78, 5) is 14.6. The SMILES string of the molecule is CS(=O)(=O)N[C@@H]1CCN([C@@H]2CCc3ccccc3NC2=O)C1.